The Kier molecular flexibility index (Phi) is 13.8. The summed E-state index contributed by atoms with van der Waals surface area (Å²) in [5, 5.41) is 4.66. The zero-order chi connectivity index (χ0) is 36.3. The molecule has 1 aliphatic heterocycles. The predicted molar refractivity (Wildman–Crippen MR) is 186 cm³/mol. The van der Waals surface area contributed by atoms with Crippen LogP contribution in [0.3, 0.4) is 0 Å². The lowest BCUT2D eigenvalue weighted by Gasteiger charge is -2.35. The minimum atomic E-state index is -4.01. The molecule has 1 fully saturated rings. The van der Waals surface area contributed by atoms with Gasteiger partial charge in [0.15, 0.2) is 0 Å². The number of methoxy groups -OCH3 is 1. The van der Waals surface area contributed by atoms with Crippen LogP contribution in [0.15, 0.2) is 67.0 Å². The largest absolute Gasteiger partial charge is 0.495 e. The Labute approximate surface area is 292 Å². The average Bonchev–Trinajstić information content (AvgIpc) is 3.12. The first kappa shape index (κ1) is 38.4. The van der Waals surface area contributed by atoms with Gasteiger partial charge >= 0.3 is 5.92 Å². The van der Waals surface area contributed by atoms with Crippen molar-refractivity contribution in [1.82, 2.24) is 20.1 Å². The Hall–Kier alpha value is -4.45. The SMILES string of the molecule is CC[C@@H](C)CCC[C@H](NC(=O)C(F)(F)c1cncc(OC)c1)C(=O)Nc1ccc([C@H](C)CC(=O)N2CCN(Cc3ccccc3)CC2)cc1F. The van der Waals surface area contributed by atoms with Gasteiger partial charge in [0, 0.05) is 45.3 Å². The molecule has 2 aromatic carbocycles. The highest BCUT2D eigenvalue weighted by Gasteiger charge is 2.43. The first-order chi connectivity index (χ1) is 23.9. The van der Waals surface area contributed by atoms with Gasteiger partial charge in [-0.25, -0.2) is 4.39 Å². The number of carbonyl (C=O) groups is 3. The van der Waals surface area contributed by atoms with Crippen LogP contribution >= 0.6 is 0 Å². The smallest absolute Gasteiger partial charge is 0.351 e. The Morgan fingerprint density at radius 2 is 1.70 bits per heavy atom. The summed E-state index contributed by atoms with van der Waals surface area (Å²) < 4.78 is 50.7. The molecule has 3 amide bonds. The molecule has 1 aliphatic rings. The fraction of sp³-hybridized carbons (Fsp3) is 0.474. The molecule has 12 heteroatoms. The molecule has 0 radical (unpaired) electrons. The number of hydrogen-bond donors (Lipinski definition) is 2. The average molecular weight is 696 g/mol. The summed E-state index contributed by atoms with van der Waals surface area (Å²) in [7, 11) is 1.29. The number of ether oxygens (including phenoxy) is 1. The summed E-state index contributed by atoms with van der Waals surface area (Å²) in [5.74, 6) is -7.15. The van der Waals surface area contributed by atoms with E-state index in [2.05, 4.69) is 32.7 Å². The van der Waals surface area contributed by atoms with Crippen molar-refractivity contribution in [2.24, 2.45) is 5.92 Å². The molecular weight excluding hydrogens is 647 g/mol. The van der Waals surface area contributed by atoms with Crippen LogP contribution in [-0.4, -0.2) is 71.8 Å². The molecular formula is C38H48F3N5O4. The number of piperazine rings is 1. The number of nitrogens with one attached hydrogen (secondary N) is 2. The molecule has 270 valence electrons. The first-order valence-electron chi connectivity index (χ1n) is 17.2. The summed E-state index contributed by atoms with van der Waals surface area (Å²) in [4.78, 5) is 47.2. The number of amides is 3. The predicted octanol–water partition coefficient (Wildman–Crippen LogP) is 6.50. The molecule has 2 heterocycles. The molecule has 9 nitrogen and oxygen atoms in total. The zero-order valence-corrected chi connectivity index (χ0v) is 29.3. The van der Waals surface area contributed by atoms with E-state index >= 15 is 13.2 Å². The van der Waals surface area contributed by atoms with Gasteiger partial charge in [-0.3, -0.25) is 24.3 Å². The topological polar surface area (TPSA) is 104 Å². The Morgan fingerprint density at radius 1 is 0.980 bits per heavy atom. The van der Waals surface area contributed by atoms with Crippen molar-refractivity contribution in [3.8, 4) is 5.75 Å². The van der Waals surface area contributed by atoms with Crippen LogP contribution in [-0.2, 0) is 26.9 Å². The molecule has 50 heavy (non-hydrogen) atoms. The van der Waals surface area contributed by atoms with E-state index in [0.29, 0.717) is 31.0 Å². The Balaban J connectivity index is 1.36. The number of pyridine rings is 1. The number of nitrogens with zero attached hydrogens (tertiary/aromatic N) is 3. The van der Waals surface area contributed by atoms with Gasteiger partial charge in [-0.2, -0.15) is 8.78 Å². The monoisotopic (exact) mass is 695 g/mol. The molecule has 2 N–H and O–H groups in total. The van der Waals surface area contributed by atoms with Crippen LogP contribution in [0.5, 0.6) is 5.75 Å². The third-order valence-electron chi connectivity index (χ3n) is 9.38. The van der Waals surface area contributed by atoms with Crippen LogP contribution in [0.1, 0.15) is 75.5 Å². The number of alkyl halides is 2. The molecule has 1 saturated heterocycles. The molecule has 3 atom stereocenters. The number of hydrogen-bond acceptors (Lipinski definition) is 6. The normalized spacial score (nSPS) is 15.5. The summed E-state index contributed by atoms with van der Waals surface area (Å²) >= 11 is 0. The van der Waals surface area contributed by atoms with Crippen molar-refractivity contribution in [3.05, 3.63) is 89.5 Å². The molecule has 0 bridgehead atoms. The number of aromatic nitrogens is 1. The lowest BCUT2D eigenvalue weighted by atomic mass is 9.96. The van der Waals surface area contributed by atoms with Gasteiger partial charge in [0.2, 0.25) is 11.8 Å². The second kappa shape index (κ2) is 18.0. The number of benzene rings is 2. The van der Waals surface area contributed by atoms with Crippen molar-refractivity contribution in [1.29, 1.82) is 0 Å². The number of rotatable bonds is 16. The van der Waals surface area contributed by atoms with Crippen LogP contribution in [0, 0.1) is 11.7 Å². The van der Waals surface area contributed by atoms with Gasteiger partial charge in [0.05, 0.1) is 24.6 Å². The lowest BCUT2D eigenvalue weighted by molar-refractivity contribution is -0.149. The molecule has 0 saturated carbocycles. The minimum absolute atomic E-state index is 0.00727. The van der Waals surface area contributed by atoms with Crippen molar-refractivity contribution in [2.75, 3.05) is 38.6 Å². The third kappa shape index (κ3) is 10.5. The molecule has 3 aromatic rings. The fourth-order valence-corrected chi connectivity index (χ4v) is 5.89. The summed E-state index contributed by atoms with van der Waals surface area (Å²) in [5.41, 5.74) is 0.971. The van der Waals surface area contributed by atoms with Crippen LogP contribution in [0.25, 0.3) is 0 Å². The highest BCUT2D eigenvalue weighted by atomic mass is 19.3. The van der Waals surface area contributed by atoms with Gasteiger partial charge in [-0.1, -0.05) is 76.4 Å². The van der Waals surface area contributed by atoms with E-state index in [1.165, 1.54) is 31.0 Å². The van der Waals surface area contributed by atoms with Crippen molar-refractivity contribution in [2.45, 2.75) is 77.3 Å². The first-order valence-corrected chi connectivity index (χ1v) is 17.2. The maximum Gasteiger partial charge on any atom is 0.351 e. The molecule has 0 unspecified atom stereocenters. The van der Waals surface area contributed by atoms with E-state index < -0.39 is 35.2 Å². The molecule has 4 rings (SSSR count). The van der Waals surface area contributed by atoms with Gasteiger partial charge in [0.25, 0.3) is 5.91 Å². The van der Waals surface area contributed by atoms with E-state index in [1.54, 1.807) is 6.07 Å². The minimum Gasteiger partial charge on any atom is -0.495 e. The quantitative estimate of drug-likeness (QED) is 0.178. The van der Waals surface area contributed by atoms with Gasteiger partial charge < -0.3 is 20.3 Å². The van der Waals surface area contributed by atoms with Crippen molar-refractivity contribution in [3.63, 3.8) is 0 Å². The summed E-state index contributed by atoms with van der Waals surface area (Å²) in [6, 6.07) is 14.1. The maximum atomic E-state index is 15.4. The van der Waals surface area contributed by atoms with Gasteiger partial charge in [0.1, 0.15) is 17.6 Å². The maximum absolute atomic E-state index is 15.4. The third-order valence-corrected chi connectivity index (χ3v) is 9.38. The van der Waals surface area contributed by atoms with Gasteiger partial charge in [-0.15, -0.1) is 0 Å². The number of anilines is 1. The molecule has 0 aliphatic carbocycles. The van der Waals surface area contributed by atoms with E-state index in [4.69, 9.17) is 4.74 Å². The second-order valence-corrected chi connectivity index (χ2v) is 13.1. The van der Waals surface area contributed by atoms with Crippen LogP contribution in [0.2, 0.25) is 0 Å². The number of carbonyl (C=O) groups excluding carboxylic acids is 3. The van der Waals surface area contributed by atoms with Crippen molar-refractivity contribution < 1.29 is 32.3 Å². The second-order valence-electron chi connectivity index (χ2n) is 13.1. The highest BCUT2D eigenvalue weighted by Crippen LogP contribution is 2.31. The summed E-state index contributed by atoms with van der Waals surface area (Å²) in [6.45, 7) is 9.52. The van der Waals surface area contributed by atoms with E-state index in [0.717, 1.165) is 44.7 Å². The Bertz CT molecular complexity index is 1580. The Morgan fingerprint density at radius 3 is 2.36 bits per heavy atom. The highest BCUT2D eigenvalue weighted by molar-refractivity contribution is 5.98. The molecule has 0 spiro atoms. The summed E-state index contributed by atoms with van der Waals surface area (Å²) in [6.07, 6.45) is 4.47. The standard InChI is InChI=1S/C38H48F3N5O4/c1-5-26(2)10-9-13-34(44-37(49)38(40,41)30-22-31(50-4)24-42-23-30)36(48)43-33-15-14-29(21-32(33)39)27(3)20-35(47)46-18-16-45(17-19-46)25-28-11-7-6-8-12-28/h6-8,11-12,14-15,21-24,26-27,34H,5,9-10,13,16-20,25H2,1-4H3,(H,43,48)(H,44,49)/t26-,27-,34+/m1/s1. The van der Waals surface area contributed by atoms with Gasteiger partial charge in [-0.05, 0) is 47.6 Å². The van der Waals surface area contributed by atoms with E-state index in [1.807, 2.05) is 43.9 Å². The lowest BCUT2D eigenvalue weighted by Crippen LogP contribution is -2.49. The zero-order valence-electron chi connectivity index (χ0n) is 29.3. The van der Waals surface area contributed by atoms with E-state index in [-0.39, 0.29) is 36.1 Å². The van der Waals surface area contributed by atoms with Crippen molar-refractivity contribution >= 4 is 23.4 Å². The molecule has 1 aromatic heterocycles. The fourth-order valence-electron chi connectivity index (χ4n) is 5.89. The van der Waals surface area contributed by atoms with E-state index in [9.17, 15) is 14.4 Å². The van der Waals surface area contributed by atoms with Crippen LogP contribution in [0.4, 0.5) is 18.9 Å². The number of halogens is 3. The van der Waals surface area contributed by atoms with Crippen LogP contribution < -0.4 is 15.4 Å².